The van der Waals surface area contributed by atoms with Gasteiger partial charge in [-0.2, -0.15) is 5.48 Å². The molecule has 0 saturated heterocycles. The number of aliphatic hydroxyl groups is 3. The Morgan fingerprint density at radius 2 is 2.03 bits per heavy atom. The lowest BCUT2D eigenvalue weighted by Crippen LogP contribution is -2.43. The third kappa shape index (κ3) is 5.89. The highest BCUT2D eigenvalue weighted by Crippen LogP contribution is 2.21. The number of nitrogens with one attached hydrogen (secondary N) is 2. The highest BCUT2D eigenvalue weighted by atomic mass is 16.5. The van der Waals surface area contributed by atoms with Crippen LogP contribution < -0.4 is 5.48 Å². The maximum absolute atomic E-state index is 9.74. The van der Waals surface area contributed by atoms with Crippen LogP contribution in [0.5, 0.6) is 0 Å². The number of rotatable bonds is 11. The summed E-state index contributed by atoms with van der Waals surface area (Å²) in [6.07, 6.45) is 12.2. The summed E-state index contributed by atoms with van der Waals surface area (Å²) in [5.74, 6) is 0.155. The number of fused-ring (bicyclic) bond motifs is 1. The summed E-state index contributed by atoms with van der Waals surface area (Å²) < 4.78 is 0. The fourth-order valence-corrected chi connectivity index (χ4v) is 3.75. The van der Waals surface area contributed by atoms with Crippen LogP contribution in [0, 0.1) is 5.92 Å². The fraction of sp³-hybridized carbons (Fsp3) is 0.391. The van der Waals surface area contributed by atoms with Crippen molar-refractivity contribution in [2.75, 3.05) is 26.3 Å². The van der Waals surface area contributed by atoms with Gasteiger partial charge in [-0.05, 0) is 42.0 Å². The Morgan fingerprint density at radius 3 is 2.73 bits per heavy atom. The van der Waals surface area contributed by atoms with E-state index in [4.69, 9.17) is 5.21 Å². The normalized spacial score (nSPS) is 18.1. The van der Waals surface area contributed by atoms with Crippen LogP contribution in [0.1, 0.15) is 12.0 Å². The van der Waals surface area contributed by atoms with Crippen LogP contribution in [0.4, 0.5) is 0 Å². The second-order valence-corrected chi connectivity index (χ2v) is 7.60. The Bertz CT molecular complexity index is 885. The Kier molecular flexibility index (Phi) is 8.39. The van der Waals surface area contributed by atoms with Crippen molar-refractivity contribution in [2.24, 2.45) is 5.92 Å². The molecule has 162 valence electrons. The third-order valence-electron chi connectivity index (χ3n) is 5.55. The molecule has 7 nitrogen and oxygen atoms in total. The van der Waals surface area contributed by atoms with E-state index < -0.39 is 6.23 Å². The van der Waals surface area contributed by atoms with Crippen molar-refractivity contribution in [1.82, 2.24) is 15.4 Å². The second kappa shape index (κ2) is 11.2. The SMILES string of the molecule is OCC(CO)N(CCc1c[nH]c2ccccc12)CC1=CCC(/C=C/C(O)NO)C=C1. The first-order valence-corrected chi connectivity index (χ1v) is 10.3. The van der Waals surface area contributed by atoms with Crippen molar-refractivity contribution in [3.05, 3.63) is 72.0 Å². The van der Waals surface area contributed by atoms with Crippen LogP contribution in [0.25, 0.3) is 10.9 Å². The van der Waals surface area contributed by atoms with Crippen molar-refractivity contribution in [3.8, 4) is 0 Å². The Balaban J connectivity index is 1.63. The molecule has 2 unspecified atom stereocenters. The van der Waals surface area contributed by atoms with Crippen LogP contribution in [0.2, 0.25) is 0 Å². The molecule has 0 amide bonds. The number of hydrogen-bond donors (Lipinski definition) is 6. The van der Waals surface area contributed by atoms with Gasteiger partial charge >= 0.3 is 0 Å². The quantitative estimate of drug-likeness (QED) is 0.190. The second-order valence-electron chi connectivity index (χ2n) is 7.60. The van der Waals surface area contributed by atoms with E-state index >= 15 is 0 Å². The average molecular weight is 414 g/mol. The van der Waals surface area contributed by atoms with Crippen molar-refractivity contribution >= 4 is 10.9 Å². The highest BCUT2D eigenvalue weighted by molar-refractivity contribution is 5.83. The largest absolute Gasteiger partial charge is 0.395 e. The number of H-pyrrole nitrogens is 1. The molecule has 1 aliphatic rings. The number of benzene rings is 1. The van der Waals surface area contributed by atoms with E-state index in [1.165, 1.54) is 17.0 Å². The van der Waals surface area contributed by atoms with Gasteiger partial charge in [-0.1, -0.05) is 42.5 Å². The zero-order valence-electron chi connectivity index (χ0n) is 17.0. The predicted octanol–water partition coefficient (Wildman–Crippen LogP) is 1.72. The number of allylic oxidation sites excluding steroid dienone is 3. The molecule has 30 heavy (non-hydrogen) atoms. The highest BCUT2D eigenvalue weighted by Gasteiger charge is 2.19. The fourth-order valence-electron chi connectivity index (χ4n) is 3.75. The summed E-state index contributed by atoms with van der Waals surface area (Å²) in [6, 6.07) is 7.88. The van der Waals surface area contributed by atoms with Crippen LogP contribution in [0.3, 0.4) is 0 Å². The van der Waals surface area contributed by atoms with E-state index in [1.807, 2.05) is 30.5 Å². The lowest BCUT2D eigenvalue weighted by atomic mass is 9.95. The number of aromatic nitrogens is 1. The van der Waals surface area contributed by atoms with Gasteiger partial charge in [0.25, 0.3) is 0 Å². The first-order valence-electron chi connectivity index (χ1n) is 10.3. The molecule has 0 fully saturated rings. The summed E-state index contributed by atoms with van der Waals surface area (Å²) in [4.78, 5) is 5.41. The molecule has 7 heteroatoms. The lowest BCUT2D eigenvalue weighted by molar-refractivity contribution is 0.0316. The van der Waals surface area contributed by atoms with Gasteiger partial charge in [-0.15, -0.1) is 0 Å². The molecule has 0 bridgehead atoms. The zero-order chi connectivity index (χ0) is 21.3. The number of hydrogen-bond acceptors (Lipinski definition) is 6. The maximum atomic E-state index is 9.74. The van der Waals surface area contributed by atoms with Crippen molar-refractivity contribution in [2.45, 2.75) is 25.1 Å². The van der Waals surface area contributed by atoms with Gasteiger partial charge in [0.05, 0.1) is 19.3 Å². The standard InChI is InChI=1S/C23H31N3O4/c27-15-20(16-28)26(12-11-19-13-24-22-4-2-1-3-21(19)22)14-18-7-5-17(6-8-18)9-10-23(29)25-30/h1-5,7-10,13,17,20,23-25,27-30H,6,11-12,14-16H2/b10-9+. The monoisotopic (exact) mass is 413 g/mol. The predicted molar refractivity (Wildman–Crippen MR) is 117 cm³/mol. The Morgan fingerprint density at radius 1 is 1.23 bits per heavy atom. The van der Waals surface area contributed by atoms with Gasteiger partial charge in [0.15, 0.2) is 0 Å². The van der Waals surface area contributed by atoms with E-state index in [0.717, 1.165) is 30.5 Å². The molecular formula is C23H31N3O4. The Labute approximate surface area is 176 Å². The number of para-hydroxylation sites is 1. The molecule has 0 radical (unpaired) electrons. The summed E-state index contributed by atoms with van der Waals surface area (Å²) in [5, 5.41) is 38.7. The van der Waals surface area contributed by atoms with Gasteiger partial charge in [0, 0.05) is 30.2 Å². The molecule has 1 heterocycles. The van der Waals surface area contributed by atoms with E-state index in [9.17, 15) is 15.3 Å². The number of aromatic amines is 1. The van der Waals surface area contributed by atoms with Gasteiger partial charge in [0.1, 0.15) is 6.23 Å². The third-order valence-corrected chi connectivity index (χ3v) is 5.55. The number of aliphatic hydroxyl groups excluding tert-OH is 3. The first kappa shape index (κ1) is 22.4. The van der Waals surface area contributed by atoms with Gasteiger partial charge < -0.3 is 25.5 Å². The zero-order valence-corrected chi connectivity index (χ0v) is 17.0. The van der Waals surface area contributed by atoms with E-state index in [2.05, 4.69) is 34.2 Å². The van der Waals surface area contributed by atoms with Crippen LogP contribution in [0.15, 0.2) is 66.4 Å². The van der Waals surface area contributed by atoms with Gasteiger partial charge in [-0.3, -0.25) is 4.90 Å². The molecule has 1 aromatic carbocycles. The molecule has 2 atom stereocenters. The smallest absolute Gasteiger partial charge is 0.145 e. The molecule has 3 rings (SSSR count). The summed E-state index contributed by atoms with van der Waals surface area (Å²) in [6.45, 7) is 1.16. The van der Waals surface area contributed by atoms with E-state index in [-0.39, 0.29) is 25.2 Å². The van der Waals surface area contributed by atoms with E-state index in [0.29, 0.717) is 6.54 Å². The van der Waals surface area contributed by atoms with Gasteiger partial charge in [-0.25, -0.2) is 0 Å². The summed E-state index contributed by atoms with van der Waals surface area (Å²) in [5.41, 5.74) is 5.24. The van der Waals surface area contributed by atoms with Gasteiger partial charge in [0.2, 0.25) is 0 Å². The minimum Gasteiger partial charge on any atom is -0.395 e. The molecular weight excluding hydrogens is 382 g/mol. The van der Waals surface area contributed by atoms with Crippen molar-refractivity contribution < 1.29 is 20.5 Å². The summed E-state index contributed by atoms with van der Waals surface area (Å²) >= 11 is 0. The average Bonchev–Trinajstić information content (AvgIpc) is 3.20. The molecule has 6 N–H and O–H groups in total. The van der Waals surface area contributed by atoms with Crippen LogP contribution in [-0.4, -0.2) is 69.0 Å². The number of hydroxylamine groups is 1. The molecule has 2 aromatic rings. The first-order chi connectivity index (χ1) is 14.6. The molecule has 1 aliphatic carbocycles. The van der Waals surface area contributed by atoms with Crippen molar-refractivity contribution in [1.29, 1.82) is 0 Å². The molecule has 1 aromatic heterocycles. The minimum absolute atomic E-state index is 0.0984. The van der Waals surface area contributed by atoms with Crippen molar-refractivity contribution in [3.63, 3.8) is 0 Å². The van der Waals surface area contributed by atoms with Crippen LogP contribution >= 0.6 is 0 Å². The van der Waals surface area contributed by atoms with E-state index in [1.54, 1.807) is 5.48 Å². The minimum atomic E-state index is -1.07. The topological polar surface area (TPSA) is 112 Å². The molecule has 0 spiro atoms. The lowest BCUT2D eigenvalue weighted by Gasteiger charge is -2.30. The Hall–Kier alpha value is -2.26. The number of nitrogens with zero attached hydrogens (tertiary/aromatic N) is 1. The molecule has 0 aliphatic heterocycles. The van der Waals surface area contributed by atoms with Crippen LogP contribution in [-0.2, 0) is 6.42 Å². The summed E-state index contributed by atoms with van der Waals surface area (Å²) in [7, 11) is 0. The molecule has 0 saturated carbocycles. The maximum Gasteiger partial charge on any atom is 0.145 e.